The molecule has 0 aliphatic carbocycles. The van der Waals surface area contributed by atoms with Crippen LogP contribution in [-0.2, 0) is 4.74 Å². The van der Waals surface area contributed by atoms with E-state index >= 15 is 0 Å². The molecular formula is C22H24FN7O3. The molecule has 1 aromatic carbocycles. The highest BCUT2D eigenvalue weighted by Crippen LogP contribution is 2.27. The molecule has 1 fully saturated rings. The highest BCUT2D eigenvalue weighted by Gasteiger charge is 2.24. The zero-order valence-corrected chi connectivity index (χ0v) is 18.5. The van der Waals surface area contributed by atoms with Gasteiger partial charge in [-0.15, -0.1) is 0 Å². The maximum absolute atomic E-state index is 14.7. The first-order valence-electron chi connectivity index (χ1n) is 10.3. The minimum absolute atomic E-state index is 0.0273. The fourth-order valence-electron chi connectivity index (χ4n) is 3.28. The average Bonchev–Trinajstić information content (AvgIpc) is 2.80. The van der Waals surface area contributed by atoms with Crippen LogP contribution in [0.2, 0.25) is 0 Å². The minimum Gasteiger partial charge on any atom is -0.421 e. The van der Waals surface area contributed by atoms with Crippen LogP contribution in [0.4, 0.5) is 16.2 Å². The Bertz CT molecular complexity index is 1160. The van der Waals surface area contributed by atoms with Gasteiger partial charge in [0.15, 0.2) is 17.4 Å². The summed E-state index contributed by atoms with van der Waals surface area (Å²) in [4.78, 5) is 32.9. The lowest BCUT2D eigenvalue weighted by molar-refractivity contribution is 0.0827. The lowest BCUT2D eigenvalue weighted by Crippen LogP contribution is -2.44. The van der Waals surface area contributed by atoms with Crippen molar-refractivity contribution < 1.29 is 18.7 Å². The Labute approximate surface area is 190 Å². The summed E-state index contributed by atoms with van der Waals surface area (Å²) >= 11 is 0. The number of carbonyl (C=O) groups excluding carboxylic acids is 1. The smallest absolute Gasteiger partial charge is 0.327 e. The van der Waals surface area contributed by atoms with E-state index < -0.39 is 5.82 Å². The van der Waals surface area contributed by atoms with Crippen molar-refractivity contribution in [2.45, 2.75) is 13.0 Å². The van der Waals surface area contributed by atoms with E-state index in [0.717, 1.165) is 6.07 Å². The lowest BCUT2D eigenvalue weighted by atomic mass is 10.2. The van der Waals surface area contributed by atoms with Gasteiger partial charge in [0.2, 0.25) is 5.95 Å². The number of halogens is 1. The third-order valence-corrected chi connectivity index (χ3v) is 5.06. The summed E-state index contributed by atoms with van der Waals surface area (Å²) in [5, 5.41) is 0. The number of hydrogen-bond acceptors (Lipinski definition) is 9. The van der Waals surface area contributed by atoms with Crippen LogP contribution in [0.5, 0.6) is 11.8 Å². The Morgan fingerprint density at radius 2 is 2.06 bits per heavy atom. The standard InChI is InChI=1S/C22H24FN7O3/c1-13-12-32-9-8-30(13)21-26-19(15-5-7-18(24)25-11-15)27-22(28-21)33-17-6-4-14(10-16(17)23)20(31)29(2)3/h4-7,10-11,13H,8-9,12H2,1-3H3,(H2,24,25)/t13-/m0/s1. The summed E-state index contributed by atoms with van der Waals surface area (Å²) in [5.74, 6) is -0.0921. The SMILES string of the molecule is C[C@H]1COCCN1c1nc(Oc2ccc(C(=O)N(C)C)cc2F)nc(-c2ccc(N)nc2)n1. The molecule has 33 heavy (non-hydrogen) atoms. The number of rotatable bonds is 5. The van der Waals surface area contributed by atoms with Crippen LogP contribution < -0.4 is 15.4 Å². The first-order chi connectivity index (χ1) is 15.8. The second-order valence-electron chi connectivity index (χ2n) is 7.78. The Hall–Kier alpha value is -3.86. The number of amides is 1. The number of hydrogen-bond donors (Lipinski definition) is 1. The molecule has 10 nitrogen and oxygen atoms in total. The van der Waals surface area contributed by atoms with Gasteiger partial charge < -0.3 is 25.0 Å². The molecule has 2 N–H and O–H groups in total. The third-order valence-electron chi connectivity index (χ3n) is 5.06. The van der Waals surface area contributed by atoms with Crippen LogP contribution in [0, 0.1) is 5.82 Å². The van der Waals surface area contributed by atoms with E-state index in [2.05, 4.69) is 19.9 Å². The quantitative estimate of drug-likeness (QED) is 0.621. The first-order valence-corrected chi connectivity index (χ1v) is 10.3. The van der Waals surface area contributed by atoms with Crippen molar-refractivity contribution in [1.29, 1.82) is 0 Å². The Kier molecular flexibility index (Phi) is 6.31. The molecule has 1 aliphatic heterocycles. The Balaban J connectivity index is 1.71. The number of aromatic nitrogens is 4. The first kappa shape index (κ1) is 22.3. The number of carbonyl (C=O) groups is 1. The molecule has 0 bridgehead atoms. The van der Waals surface area contributed by atoms with E-state index in [9.17, 15) is 9.18 Å². The molecule has 0 spiro atoms. The van der Waals surface area contributed by atoms with Gasteiger partial charge in [-0.05, 0) is 37.3 Å². The van der Waals surface area contributed by atoms with E-state index in [-0.39, 0.29) is 29.3 Å². The molecule has 1 atom stereocenters. The molecule has 3 aromatic rings. The zero-order valence-electron chi connectivity index (χ0n) is 18.5. The van der Waals surface area contributed by atoms with Gasteiger partial charge in [0.05, 0.1) is 19.3 Å². The summed E-state index contributed by atoms with van der Waals surface area (Å²) < 4.78 is 25.9. The highest BCUT2D eigenvalue weighted by molar-refractivity contribution is 5.94. The van der Waals surface area contributed by atoms with Crippen LogP contribution in [-0.4, -0.2) is 70.6 Å². The number of anilines is 2. The third kappa shape index (κ3) is 4.98. The number of nitrogens with two attached hydrogens (primary N) is 1. The molecule has 1 aliphatic rings. The van der Waals surface area contributed by atoms with Crippen molar-refractivity contribution in [2.75, 3.05) is 44.5 Å². The van der Waals surface area contributed by atoms with Crippen molar-refractivity contribution in [2.24, 2.45) is 0 Å². The summed E-state index contributed by atoms with van der Waals surface area (Å²) in [6, 6.07) is 7.28. The lowest BCUT2D eigenvalue weighted by Gasteiger charge is -2.33. The number of nitrogens with zero attached hydrogens (tertiary/aromatic N) is 6. The van der Waals surface area contributed by atoms with Gasteiger partial charge in [0.1, 0.15) is 5.82 Å². The van der Waals surface area contributed by atoms with Gasteiger partial charge in [-0.1, -0.05) is 0 Å². The van der Waals surface area contributed by atoms with Crippen molar-refractivity contribution in [3.05, 3.63) is 47.9 Å². The zero-order chi connectivity index (χ0) is 23.5. The van der Waals surface area contributed by atoms with Crippen LogP contribution >= 0.6 is 0 Å². The Morgan fingerprint density at radius 1 is 1.24 bits per heavy atom. The molecule has 0 unspecified atom stereocenters. The predicted molar refractivity (Wildman–Crippen MR) is 120 cm³/mol. The van der Waals surface area contributed by atoms with Crippen LogP contribution in [0.25, 0.3) is 11.4 Å². The summed E-state index contributed by atoms with van der Waals surface area (Å²) in [5.41, 5.74) is 6.50. The number of benzene rings is 1. The predicted octanol–water partition coefficient (Wildman–Crippen LogP) is 2.37. The van der Waals surface area contributed by atoms with Gasteiger partial charge in [-0.25, -0.2) is 9.37 Å². The molecule has 0 saturated carbocycles. The summed E-state index contributed by atoms with van der Waals surface area (Å²) in [6.45, 7) is 3.63. The van der Waals surface area contributed by atoms with E-state index in [1.54, 1.807) is 32.4 Å². The van der Waals surface area contributed by atoms with Crippen molar-refractivity contribution in [3.8, 4) is 23.1 Å². The summed E-state index contributed by atoms with van der Waals surface area (Å²) in [7, 11) is 3.19. The largest absolute Gasteiger partial charge is 0.421 e. The second-order valence-corrected chi connectivity index (χ2v) is 7.78. The van der Waals surface area contributed by atoms with Crippen molar-refractivity contribution >= 4 is 17.7 Å². The molecule has 3 heterocycles. The fourth-order valence-corrected chi connectivity index (χ4v) is 3.28. The molecule has 11 heteroatoms. The summed E-state index contributed by atoms with van der Waals surface area (Å²) in [6.07, 6.45) is 1.54. The molecule has 1 saturated heterocycles. The molecule has 2 aromatic heterocycles. The molecule has 172 valence electrons. The minimum atomic E-state index is -0.708. The van der Waals surface area contributed by atoms with Crippen LogP contribution in [0.3, 0.4) is 0 Å². The van der Waals surface area contributed by atoms with Gasteiger partial charge in [-0.2, -0.15) is 15.0 Å². The van der Waals surface area contributed by atoms with Crippen LogP contribution in [0.1, 0.15) is 17.3 Å². The molecule has 4 rings (SSSR count). The maximum atomic E-state index is 14.7. The van der Waals surface area contributed by atoms with Crippen molar-refractivity contribution in [1.82, 2.24) is 24.8 Å². The molecular weight excluding hydrogens is 429 g/mol. The second kappa shape index (κ2) is 9.33. The maximum Gasteiger partial charge on any atom is 0.327 e. The highest BCUT2D eigenvalue weighted by atomic mass is 19.1. The van der Waals surface area contributed by atoms with Gasteiger partial charge in [0.25, 0.3) is 5.91 Å². The fraction of sp³-hybridized carbons (Fsp3) is 0.318. The normalized spacial score (nSPS) is 15.9. The topological polar surface area (TPSA) is 120 Å². The van der Waals surface area contributed by atoms with E-state index in [4.69, 9.17) is 15.2 Å². The number of pyridine rings is 1. The van der Waals surface area contributed by atoms with E-state index in [1.165, 1.54) is 17.0 Å². The van der Waals surface area contributed by atoms with E-state index in [0.29, 0.717) is 42.9 Å². The van der Waals surface area contributed by atoms with Gasteiger partial charge >= 0.3 is 6.01 Å². The number of ether oxygens (including phenoxy) is 2. The molecule has 0 radical (unpaired) electrons. The monoisotopic (exact) mass is 453 g/mol. The molecule has 1 amide bonds. The van der Waals surface area contributed by atoms with Gasteiger partial charge in [0, 0.05) is 38.0 Å². The average molecular weight is 453 g/mol. The number of nitrogen functional groups attached to an aromatic ring is 1. The van der Waals surface area contributed by atoms with Crippen LogP contribution in [0.15, 0.2) is 36.5 Å². The van der Waals surface area contributed by atoms with E-state index in [1.807, 2.05) is 11.8 Å². The number of morpholine rings is 1. The van der Waals surface area contributed by atoms with Crippen molar-refractivity contribution in [3.63, 3.8) is 0 Å². The van der Waals surface area contributed by atoms with Gasteiger partial charge in [-0.3, -0.25) is 4.79 Å². The Morgan fingerprint density at radius 3 is 2.73 bits per heavy atom.